The maximum Gasteiger partial charge on any atom is 0.101 e. The van der Waals surface area contributed by atoms with Crippen molar-refractivity contribution >= 4 is 43.6 Å². The summed E-state index contributed by atoms with van der Waals surface area (Å²) in [5.41, 5.74) is 17.3. The fraction of sp³-hybridized carbons (Fsp3) is 0.0741. The van der Waals surface area contributed by atoms with Crippen LogP contribution in [0.25, 0.3) is 88.4 Å². The molecule has 0 radical (unpaired) electrons. The number of benzene rings is 8. The molecule has 0 unspecified atom stereocenters. The minimum absolute atomic E-state index is 0.430. The van der Waals surface area contributed by atoms with E-state index in [-0.39, 0.29) is 0 Å². The van der Waals surface area contributed by atoms with Crippen molar-refractivity contribution in [2.45, 2.75) is 27.7 Å². The van der Waals surface area contributed by atoms with Crippen molar-refractivity contribution in [3.63, 3.8) is 0 Å². The van der Waals surface area contributed by atoms with E-state index < -0.39 is 0 Å². The molecule has 0 saturated heterocycles. The van der Waals surface area contributed by atoms with Gasteiger partial charge in [0, 0.05) is 27.1 Å². The van der Waals surface area contributed by atoms with Gasteiger partial charge >= 0.3 is 0 Å². The molecule has 8 aromatic carbocycles. The first-order valence-corrected chi connectivity index (χ1v) is 19.6. The van der Waals surface area contributed by atoms with Gasteiger partial charge in [0.25, 0.3) is 0 Å². The quantitative estimate of drug-likeness (QED) is 0.176. The standard InChI is InChI=1S/C54H38N4/c1-33-10-16-37(17-11-33)40-20-24-50-46(29-40)44-26-35(3)14-22-48(44)57(50)53-42(31-55)28-43(32-56)54(52(53)39-8-6-5-7-9-39)58-49-23-15-36(4)27-45(49)47-30-41(21-25-51(47)58)38-18-12-34(2)13-19-38/h5-30H,1-4H3. The fourth-order valence-electron chi connectivity index (χ4n) is 8.78. The molecule has 0 bridgehead atoms. The zero-order chi connectivity index (χ0) is 39.7. The molecular weight excluding hydrogens is 705 g/mol. The average Bonchev–Trinajstić information content (AvgIpc) is 3.74. The molecule has 0 N–H and O–H groups in total. The van der Waals surface area contributed by atoms with Crippen molar-refractivity contribution in [2.24, 2.45) is 0 Å². The van der Waals surface area contributed by atoms with Crippen LogP contribution in [0.15, 0.2) is 158 Å². The maximum absolute atomic E-state index is 11.1. The lowest BCUT2D eigenvalue weighted by atomic mass is 9.93. The van der Waals surface area contributed by atoms with Crippen LogP contribution < -0.4 is 0 Å². The van der Waals surface area contributed by atoms with E-state index in [2.05, 4.69) is 182 Å². The number of nitriles is 2. The van der Waals surface area contributed by atoms with Gasteiger partial charge < -0.3 is 9.13 Å². The van der Waals surface area contributed by atoms with Gasteiger partial charge in [-0.1, -0.05) is 125 Å². The summed E-state index contributed by atoms with van der Waals surface area (Å²) in [6, 6.07) is 60.8. The molecule has 4 heteroatoms. The predicted octanol–water partition coefficient (Wildman–Crippen LogP) is 13.9. The van der Waals surface area contributed by atoms with E-state index in [1.54, 1.807) is 6.07 Å². The maximum atomic E-state index is 11.1. The Kier molecular flexibility index (Phi) is 8.11. The first kappa shape index (κ1) is 34.8. The monoisotopic (exact) mass is 742 g/mol. The Bertz CT molecular complexity index is 3160. The fourth-order valence-corrected chi connectivity index (χ4v) is 8.78. The number of nitrogens with zero attached hydrogens (tertiary/aromatic N) is 4. The molecule has 0 atom stereocenters. The third-order valence-electron chi connectivity index (χ3n) is 11.6. The summed E-state index contributed by atoms with van der Waals surface area (Å²) in [6.45, 7) is 8.46. The van der Waals surface area contributed by atoms with Crippen LogP contribution in [-0.4, -0.2) is 9.13 Å². The second-order valence-corrected chi connectivity index (χ2v) is 15.5. The van der Waals surface area contributed by atoms with Gasteiger partial charge in [0.15, 0.2) is 0 Å². The Morgan fingerprint density at radius 1 is 0.345 bits per heavy atom. The number of aryl methyl sites for hydroxylation is 4. The van der Waals surface area contributed by atoms with Crippen molar-refractivity contribution < 1.29 is 0 Å². The molecule has 0 aliphatic rings. The number of hydrogen-bond donors (Lipinski definition) is 0. The second-order valence-electron chi connectivity index (χ2n) is 15.5. The number of aromatic nitrogens is 2. The Morgan fingerprint density at radius 2 is 0.707 bits per heavy atom. The van der Waals surface area contributed by atoms with Gasteiger partial charge in [0.05, 0.1) is 44.6 Å². The molecule has 2 heterocycles. The molecule has 0 saturated carbocycles. The molecule has 0 aliphatic heterocycles. The molecule has 2 aromatic heterocycles. The minimum atomic E-state index is 0.430. The molecule has 0 amide bonds. The molecule has 0 aliphatic carbocycles. The molecule has 274 valence electrons. The Labute approximate surface area is 337 Å². The molecule has 4 nitrogen and oxygen atoms in total. The van der Waals surface area contributed by atoms with E-state index >= 15 is 0 Å². The van der Waals surface area contributed by atoms with Crippen molar-refractivity contribution in [1.29, 1.82) is 10.5 Å². The van der Waals surface area contributed by atoms with Crippen LogP contribution in [0.2, 0.25) is 0 Å². The van der Waals surface area contributed by atoms with Crippen LogP contribution in [0.1, 0.15) is 33.4 Å². The number of rotatable bonds is 5. The van der Waals surface area contributed by atoms with Crippen LogP contribution in [0, 0.1) is 50.4 Å². The summed E-state index contributed by atoms with van der Waals surface area (Å²) >= 11 is 0. The van der Waals surface area contributed by atoms with Gasteiger partial charge in [0.1, 0.15) is 12.1 Å². The lowest BCUT2D eigenvalue weighted by Gasteiger charge is -2.22. The summed E-state index contributed by atoms with van der Waals surface area (Å²) in [7, 11) is 0. The van der Waals surface area contributed by atoms with Gasteiger partial charge in [-0.2, -0.15) is 10.5 Å². The van der Waals surface area contributed by atoms with E-state index in [1.807, 2.05) is 18.2 Å². The summed E-state index contributed by atoms with van der Waals surface area (Å²) in [4.78, 5) is 0. The summed E-state index contributed by atoms with van der Waals surface area (Å²) in [5, 5.41) is 26.6. The van der Waals surface area contributed by atoms with Gasteiger partial charge in [-0.15, -0.1) is 0 Å². The van der Waals surface area contributed by atoms with Gasteiger partial charge in [-0.25, -0.2) is 0 Å². The third-order valence-corrected chi connectivity index (χ3v) is 11.6. The van der Waals surface area contributed by atoms with Gasteiger partial charge in [0.2, 0.25) is 0 Å². The summed E-state index contributed by atoms with van der Waals surface area (Å²) in [5.74, 6) is 0. The minimum Gasteiger partial charge on any atom is -0.307 e. The largest absolute Gasteiger partial charge is 0.307 e. The first-order chi connectivity index (χ1) is 28.3. The van der Waals surface area contributed by atoms with E-state index in [4.69, 9.17) is 0 Å². The molecule has 10 aromatic rings. The Morgan fingerprint density at radius 3 is 1.12 bits per heavy atom. The normalized spacial score (nSPS) is 11.4. The van der Waals surface area contributed by atoms with Crippen molar-refractivity contribution in [2.75, 3.05) is 0 Å². The third kappa shape index (κ3) is 5.50. The van der Waals surface area contributed by atoms with Gasteiger partial charge in [-0.05, 0) is 110 Å². The van der Waals surface area contributed by atoms with Crippen molar-refractivity contribution in [1.82, 2.24) is 9.13 Å². The zero-order valence-corrected chi connectivity index (χ0v) is 32.8. The van der Waals surface area contributed by atoms with E-state index in [0.29, 0.717) is 11.1 Å². The lowest BCUT2D eigenvalue weighted by molar-refractivity contribution is 1.12. The number of hydrogen-bond acceptors (Lipinski definition) is 2. The SMILES string of the molecule is Cc1ccc(-c2ccc3c(c2)c2cc(C)ccc2n3-c2c(C#N)cc(C#N)c(-n3c4ccc(C)cc4c4cc(-c5ccc(C)cc5)ccc43)c2-c2ccccc2)cc1. The van der Waals surface area contributed by atoms with Crippen LogP contribution in [0.5, 0.6) is 0 Å². The van der Waals surface area contributed by atoms with Crippen LogP contribution >= 0.6 is 0 Å². The van der Waals surface area contributed by atoms with E-state index in [1.165, 1.54) is 11.1 Å². The zero-order valence-electron chi connectivity index (χ0n) is 32.8. The van der Waals surface area contributed by atoms with Crippen LogP contribution in [0.4, 0.5) is 0 Å². The molecule has 10 rings (SSSR count). The van der Waals surface area contributed by atoms with E-state index in [9.17, 15) is 10.5 Å². The molecule has 0 fully saturated rings. The Balaban J connectivity index is 1.35. The molecule has 0 spiro atoms. The highest BCUT2D eigenvalue weighted by Crippen LogP contribution is 2.46. The second kappa shape index (κ2) is 13.5. The Hall–Kier alpha value is -7.66. The van der Waals surface area contributed by atoms with Crippen molar-refractivity contribution in [3.8, 4) is 56.9 Å². The summed E-state index contributed by atoms with van der Waals surface area (Å²) in [6.07, 6.45) is 0. The highest BCUT2D eigenvalue weighted by atomic mass is 15.0. The summed E-state index contributed by atoms with van der Waals surface area (Å²) < 4.78 is 4.50. The van der Waals surface area contributed by atoms with E-state index in [0.717, 1.165) is 99.5 Å². The first-order valence-electron chi connectivity index (χ1n) is 19.6. The highest BCUT2D eigenvalue weighted by molar-refractivity contribution is 6.14. The highest BCUT2D eigenvalue weighted by Gasteiger charge is 2.28. The molecular formula is C54H38N4. The van der Waals surface area contributed by atoms with Crippen LogP contribution in [-0.2, 0) is 0 Å². The average molecular weight is 743 g/mol. The van der Waals surface area contributed by atoms with Crippen LogP contribution in [0.3, 0.4) is 0 Å². The smallest absolute Gasteiger partial charge is 0.101 e. The lowest BCUT2D eigenvalue weighted by Crippen LogP contribution is -2.08. The van der Waals surface area contributed by atoms with Crippen molar-refractivity contribution in [3.05, 3.63) is 191 Å². The molecule has 58 heavy (non-hydrogen) atoms. The topological polar surface area (TPSA) is 57.4 Å². The number of fused-ring (bicyclic) bond motifs is 6. The predicted molar refractivity (Wildman–Crippen MR) is 240 cm³/mol. The van der Waals surface area contributed by atoms with Gasteiger partial charge in [-0.3, -0.25) is 0 Å².